The van der Waals surface area contributed by atoms with E-state index in [-0.39, 0.29) is 5.91 Å². The van der Waals surface area contributed by atoms with Crippen molar-refractivity contribution in [3.8, 4) is 0 Å². The number of aromatic nitrogens is 1. The molecule has 4 rings (SSSR count). The molecule has 1 aliphatic heterocycles. The number of carbonyl (C=O) groups is 1. The van der Waals surface area contributed by atoms with E-state index in [9.17, 15) is 4.79 Å². The molecule has 1 aliphatic rings. The molecule has 0 saturated carbocycles. The molecule has 0 spiro atoms. The number of anilines is 2. The van der Waals surface area contributed by atoms with E-state index in [0.29, 0.717) is 5.56 Å². The minimum atomic E-state index is -0.0762. The quantitative estimate of drug-likeness (QED) is 0.709. The van der Waals surface area contributed by atoms with Gasteiger partial charge in [-0.3, -0.25) is 4.79 Å². The lowest BCUT2D eigenvalue weighted by Gasteiger charge is -2.18. The monoisotopic (exact) mass is 347 g/mol. The van der Waals surface area contributed by atoms with Crippen molar-refractivity contribution in [3.05, 3.63) is 59.3 Å². The van der Waals surface area contributed by atoms with Gasteiger partial charge in [0.05, 0.1) is 0 Å². The van der Waals surface area contributed by atoms with Gasteiger partial charge in [0.1, 0.15) is 0 Å². The Kier molecular flexibility index (Phi) is 4.19. The number of amides is 1. The number of carbonyl (C=O) groups excluding carboxylic acids is 1. The number of aromatic amines is 1. The van der Waals surface area contributed by atoms with E-state index in [1.807, 2.05) is 30.3 Å². The van der Waals surface area contributed by atoms with Crippen molar-refractivity contribution in [1.29, 1.82) is 0 Å². The molecule has 2 N–H and O–H groups in total. The second-order valence-corrected chi connectivity index (χ2v) is 7.48. The third kappa shape index (κ3) is 3.07. The summed E-state index contributed by atoms with van der Waals surface area (Å²) in [6.07, 6.45) is 1.25. The second-order valence-electron chi connectivity index (χ2n) is 7.48. The number of rotatable bonds is 3. The standard InChI is InChI=1S/C22H25N3O/c1-14-10-11-25(13-14)19-7-5-18(6-8-19)24-22(26)17-4-9-21-20(12-17)15(2)16(3)23-21/h4-9,12,14,23H,10-11,13H2,1-3H3,(H,24,26). The Morgan fingerprint density at radius 3 is 2.62 bits per heavy atom. The van der Waals surface area contributed by atoms with Gasteiger partial charge in [0.2, 0.25) is 0 Å². The molecule has 0 bridgehead atoms. The van der Waals surface area contributed by atoms with Gasteiger partial charge in [0.25, 0.3) is 5.91 Å². The lowest BCUT2D eigenvalue weighted by atomic mass is 10.1. The van der Waals surface area contributed by atoms with E-state index in [0.717, 1.165) is 41.3 Å². The first kappa shape index (κ1) is 16.7. The molecule has 0 aliphatic carbocycles. The van der Waals surface area contributed by atoms with Crippen LogP contribution in [0.1, 0.15) is 35.0 Å². The molecule has 1 fully saturated rings. The highest BCUT2D eigenvalue weighted by molar-refractivity contribution is 6.06. The lowest BCUT2D eigenvalue weighted by Crippen LogP contribution is -2.19. The fourth-order valence-electron chi connectivity index (χ4n) is 3.73. The predicted molar refractivity (Wildman–Crippen MR) is 108 cm³/mol. The molecule has 2 aromatic carbocycles. The minimum absolute atomic E-state index is 0.0762. The molecular weight excluding hydrogens is 322 g/mol. The third-order valence-corrected chi connectivity index (χ3v) is 5.48. The van der Waals surface area contributed by atoms with E-state index in [1.54, 1.807) is 0 Å². The van der Waals surface area contributed by atoms with Crippen LogP contribution in [0.15, 0.2) is 42.5 Å². The van der Waals surface area contributed by atoms with Gasteiger partial charge in [-0.05, 0) is 74.2 Å². The molecule has 4 nitrogen and oxygen atoms in total. The maximum Gasteiger partial charge on any atom is 0.255 e. The van der Waals surface area contributed by atoms with Gasteiger partial charge in [0, 0.05) is 46.6 Å². The number of hydrogen-bond donors (Lipinski definition) is 2. The predicted octanol–water partition coefficient (Wildman–Crippen LogP) is 4.88. The Bertz CT molecular complexity index is 955. The van der Waals surface area contributed by atoms with Gasteiger partial charge >= 0.3 is 0 Å². The summed E-state index contributed by atoms with van der Waals surface area (Å²) in [5, 5.41) is 4.11. The zero-order chi connectivity index (χ0) is 18.3. The van der Waals surface area contributed by atoms with Gasteiger partial charge < -0.3 is 15.2 Å². The Hall–Kier alpha value is -2.75. The van der Waals surface area contributed by atoms with Gasteiger partial charge in [-0.25, -0.2) is 0 Å². The van der Waals surface area contributed by atoms with Crippen LogP contribution >= 0.6 is 0 Å². The normalized spacial score (nSPS) is 17.0. The number of aryl methyl sites for hydroxylation is 2. The molecule has 1 saturated heterocycles. The van der Waals surface area contributed by atoms with Crippen molar-refractivity contribution >= 4 is 28.2 Å². The summed E-state index contributed by atoms with van der Waals surface area (Å²) in [6.45, 7) is 8.65. The van der Waals surface area contributed by atoms with Crippen molar-refractivity contribution in [3.63, 3.8) is 0 Å². The molecule has 1 aromatic heterocycles. The zero-order valence-electron chi connectivity index (χ0n) is 15.6. The molecule has 1 atom stereocenters. The number of fused-ring (bicyclic) bond motifs is 1. The molecule has 3 aromatic rings. The zero-order valence-corrected chi connectivity index (χ0v) is 15.6. The summed E-state index contributed by atoms with van der Waals surface area (Å²) >= 11 is 0. The first-order valence-corrected chi connectivity index (χ1v) is 9.26. The van der Waals surface area contributed by atoms with Gasteiger partial charge in [-0.1, -0.05) is 6.92 Å². The summed E-state index contributed by atoms with van der Waals surface area (Å²) in [5.41, 5.74) is 6.14. The molecule has 4 heteroatoms. The van der Waals surface area contributed by atoms with Crippen molar-refractivity contribution in [2.24, 2.45) is 5.92 Å². The van der Waals surface area contributed by atoms with E-state index >= 15 is 0 Å². The summed E-state index contributed by atoms with van der Waals surface area (Å²) in [4.78, 5) is 18.4. The number of nitrogens with one attached hydrogen (secondary N) is 2. The van der Waals surface area contributed by atoms with Crippen molar-refractivity contribution in [2.45, 2.75) is 27.2 Å². The van der Waals surface area contributed by atoms with Crippen LogP contribution in [0.4, 0.5) is 11.4 Å². The second kappa shape index (κ2) is 6.52. The summed E-state index contributed by atoms with van der Waals surface area (Å²) < 4.78 is 0. The van der Waals surface area contributed by atoms with Gasteiger partial charge in [-0.2, -0.15) is 0 Å². The smallest absolute Gasteiger partial charge is 0.255 e. The number of benzene rings is 2. The highest BCUT2D eigenvalue weighted by atomic mass is 16.1. The summed E-state index contributed by atoms with van der Waals surface area (Å²) in [7, 11) is 0. The molecule has 1 unspecified atom stereocenters. The van der Waals surface area contributed by atoms with Crippen LogP contribution in [0, 0.1) is 19.8 Å². The Morgan fingerprint density at radius 2 is 1.92 bits per heavy atom. The maximum atomic E-state index is 12.6. The summed E-state index contributed by atoms with van der Waals surface area (Å²) in [5.74, 6) is 0.678. The Labute approximate surface area is 154 Å². The first-order valence-electron chi connectivity index (χ1n) is 9.26. The van der Waals surface area contributed by atoms with E-state index in [1.165, 1.54) is 17.7 Å². The molecule has 134 valence electrons. The SMILES string of the molecule is Cc1[nH]c2ccc(C(=O)Nc3ccc(N4CCC(C)C4)cc3)cc2c1C. The van der Waals surface area contributed by atoms with Gasteiger partial charge in [-0.15, -0.1) is 0 Å². The van der Waals surface area contributed by atoms with Crippen LogP contribution in [0.25, 0.3) is 10.9 Å². The van der Waals surface area contributed by atoms with E-state index < -0.39 is 0 Å². The highest BCUT2D eigenvalue weighted by Gasteiger charge is 2.18. The highest BCUT2D eigenvalue weighted by Crippen LogP contribution is 2.26. The van der Waals surface area contributed by atoms with Crippen LogP contribution in [0.2, 0.25) is 0 Å². The Balaban J connectivity index is 1.50. The van der Waals surface area contributed by atoms with Gasteiger partial charge in [0.15, 0.2) is 0 Å². The minimum Gasteiger partial charge on any atom is -0.371 e. The Morgan fingerprint density at radius 1 is 1.15 bits per heavy atom. The van der Waals surface area contributed by atoms with E-state index in [2.05, 4.69) is 48.1 Å². The summed E-state index contributed by atoms with van der Waals surface area (Å²) in [6, 6.07) is 14.0. The van der Waals surface area contributed by atoms with Crippen LogP contribution < -0.4 is 10.2 Å². The number of nitrogens with zero attached hydrogens (tertiary/aromatic N) is 1. The average Bonchev–Trinajstić information content (AvgIpc) is 3.19. The molecule has 26 heavy (non-hydrogen) atoms. The molecule has 1 amide bonds. The van der Waals surface area contributed by atoms with E-state index in [4.69, 9.17) is 0 Å². The van der Waals surface area contributed by atoms with Crippen LogP contribution in [-0.4, -0.2) is 24.0 Å². The molecular formula is C22H25N3O. The van der Waals surface area contributed by atoms with Crippen LogP contribution in [0.3, 0.4) is 0 Å². The molecule has 0 radical (unpaired) electrons. The molecule has 2 heterocycles. The lowest BCUT2D eigenvalue weighted by molar-refractivity contribution is 0.102. The van der Waals surface area contributed by atoms with Crippen molar-refractivity contribution in [2.75, 3.05) is 23.3 Å². The first-order chi connectivity index (χ1) is 12.5. The van der Waals surface area contributed by atoms with Crippen LogP contribution in [0.5, 0.6) is 0 Å². The van der Waals surface area contributed by atoms with Crippen LogP contribution in [-0.2, 0) is 0 Å². The average molecular weight is 347 g/mol. The number of hydrogen-bond acceptors (Lipinski definition) is 2. The van der Waals surface area contributed by atoms with Crippen molar-refractivity contribution in [1.82, 2.24) is 4.98 Å². The van der Waals surface area contributed by atoms with Crippen molar-refractivity contribution < 1.29 is 4.79 Å². The topological polar surface area (TPSA) is 48.1 Å². The fraction of sp³-hybridized carbons (Fsp3) is 0.318. The largest absolute Gasteiger partial charge is 0.371 e. The fourth-order valence-corrected chi connectivity index (χ4v) is 3.73. The number of H-pyrrole nitrogens is 1. The third-order valence-electron chi connectivity index (χ3n) is 5.48. The maximum absolute atomic E-state index is 12.6.